The lowest BCUT2D eigenvalue weighted by Crippen LogP contribution is -2.39. The summed E-state index contributed by atoms with van der Waals surface area (Å²) in [6.07, 6.45) is 5.29. The summed E-state index contributed by atoms with van der Waals surface area (Å²) in [5.74, 6) is -0.620. The van der Waals surface area contributed by atoms with Gasteiger partial charge >= 0.3 is 5.97 Å². The SMILES string of the molecule is CCC1(c2cccc(CNC(=O)c3ccc4c(c3)OCc3cnccc3-4)c2)NC(C(=O)O)=CO1. The number of carbonyl (C=O) groups is 2. The number of benzene rings is 2. The Hall–Kier alpha value is -4.33. The highest BCUT2D eigenvalue weighted by molar-refractivity contribution is 5.95. The Balaban J connectivity index is 1.29. The highest BCUT2D eigenvalue weighted by atomic mass is 16.5. The minimum atomic E-state index is -1.08. The average molecular weight is 457 g/mol. The molecule has 34 heavy (non-hydrogen) atoms. The van der Waals surface area contributed by atoms with Gasteiger partial charge in [0.2, 0.25) is 5.72 Å². The molecule has 3 heterocycles. The molecule has 1 atom stereocenters. The van der Waals surface area contributed by atoms with Crippen LogP contribution in [0.4, 0.5) is 0 Å². The molecule has 0 saturated heterocycles. The predicted octanol–water partition coefficient (Wildman–Crippen LogP) is 3.68. The second-order valence-electron chi connectivity index (χ2n) is 8.18. The van der Waals surface area contributed by atoms with Gasteiger partial charge < -0.3 is 25.2 Å². The van der Waals surface area contributed by atoms with Gasteiger partial charge in [0.25, 0.3) is 5.91 Å². The highest BCUT2D eigenvalue weighted by Crippen LogP contribution is 2.37. The predicted molar refractivity (Wildman–Crippen MR) is 124 cm³/mol. The number of carbonyl (C=O) groups excluding carboxylic acids is 1. The maximum atomic E-state index is 12.8. The van der Waals surface area contributed by atoms with Gasteiger partial charge in [-0.3, -0.25) is 9.78 Å². The number of amides is 1. The molecular weight excluding hydrogens is 434 g/mol. The Morgan fingerprint density at radius 1 is 1.18 bits per heavy atom. The number of aliphatic carboxylic acids is 1. The van der Waals surface area contributed by atoms with E-state index >= 15 is 0 Å². The molecule has 2 aliphatic rings. The van der Waals surface area contributed by atoms with Gasteiger partial charge in [0, 0.05) is 47.6 Å². The number of hydrogen-bond donors (Lipinski definition) is 3. The number of carboxylic acids is 1. The van der Waals surface area contributed by atoms with Gasteiger partial charge in [-0.1, -0.05) is 25.1 Å². The van der Waals surface area contributed by atoms with Crippen molar-refractivity contribution < 1.29 is 24.2 Å². The fourth-order valence-electron chi connectivity index (χ4n) is 4.24. The molecule has 1 unspecified atom stereocenters. The molecule has 8 nitrogen and oxygen atoms in total. The first kappa shape index (κ1) is 21.5. The number of hydrogen-bond acceptors (Lipinski definition) is 6. The Morgan fingerprint density at radius 3 is 2.85 bits per heavy atom. The lowest BCUT2D eigenvalue weighted by atomic mass is 9.97. The van der Waals surface area contributed by atoms with Crippen molar-refractivity contribution in [2.75, 3.05) is 0 Å². The summed E-state index contributed by atoms with van der Waals surface area (Å²) >= 11 is 0. The third kappa shape index (κ3) is 3.83. The highest BCUT2D eigenvalue weighted by Gasteiger charge is 2.38. The smallest absolute Gasteiger partial charge is 0.355 e. The number of fused-ring (bicyclic) bond motifs is 3. The van der Waals surface area contributed by atoms with E-state index in [4.69, 9.17) is 9.47 Å². The van der Waals surface area contributed by atoms with Gasteiger partial charge in [-0.2, -0.15) is 0 Å². The molecule has 8 heteroatoms. The van der Waals surface area contributed by atoms with E-state index in [2.05, 4.69) is 15.6 Å². The Labute approximate surface area is 196 Å². The molecule has 2 aliphatic heterocycles. The third-order valence-electron chi connectivity index (χ3n) is 6.11. The van der Waals surface area contributed by atoms with E-state index in [9.17, 15) is 14.7 Å². The molecule has 3 aromatic rings. The van der Waals surface area contributed by atoms with Crippen LogP contribution in [0.3, 0.4) is 0 Å². The van der Waals surface area contributed by atoms with Crippen LogP contribution in [0, 0.1) is 0 Å². The van der Waals surface area contributed by atoms with E-state index in [-0.39, 0.29) is 11.6 Å². The van der Waals surface area contributed by atoms with Crippen LogP contribution in [0.5, 0.6) is 5.75 Å². The summed E-state index contributed by atoms with van der Waals surface area (Å²) in [5, 5.41) is 15.2. The average Bonchev–Trinajstić information content (AvgIpc) is 3.33. The molecule has 2 aromatic carbocycles. The fraction of sp³-hybridized carbons (Fsp3) is 0.192. The molecule has 5 rings (SSSR count). The maximum absolute atomic E-state index is 12.8. The number of aromatic nitrogens is 1. The molecule has 0 aliphatic carbocycles. The van der Waals surface area contributed by atoms with Crippen LogP contribution in [0.15, 0.2) is 72.9 Å². The number of carboxylic acid groups (broad SMARTS) is 1. The number of pyridine rings is 1. The minimum Gasteiger partial charge on any atom is -0.488 e. The molecule has 0 spiro atoms. The van der Waals surface area contributed by atoms with Crippen LogP contribution in [0.1, 0.15) is 40.4 Å². The van der Waals surface area contributed by atoms with Crippen molar-refractivity contribution in [2.24, 2.45) is 0 Å². The lowest BCUT2D eigenvalue weighted by Gasteiger charge is -2.29. The molecule has 0 bridgehead atoms. The first-order valence-corrected chi connectivity index (χ1v) is 11.0. The molecule has 0 radical (unpaired) electrons. The van der Waals surface area contributed by atoms with Gasteiger partial charge in [0.05, 0.1) is 0 Å². The summed E-state index contributed by atoms with van der Waals surface area (Å²) < 4.78 is 11.6. The van der Waals surface area contributed by atoms with Crippen molar-refractivity contribution in [3.8, 4) is 16.9 Å². The van der Waals surface area contributed by atoms with Gasteiger partial charge in [-0.15, -0.1) is 0 Å². The first-order chi connectivity index (χ1) is 16.5. The zero-order chi connectivity index (χ0) is 23.7. The standard InChI is InChI=1S/C26H23N3O5/c1-2-26(29-22(15-34-26)25(31)32)19-5-3-4-16(10-19)12-28-24(30)17-6-7-21-20-8-9-27-13-18(20)14-33-23(21)11-17/h3-11,13,15,29H,2,12,14H2,1H3,(H,28,30)(H,31,32). The monoisotopic (exact) mass is 457 g/mol. The quantitative estimate of drug-likeness (QED) is 0.518. The molecule has 3 N–H and O–H groups in total. The first-order valence-electron chi connectivity index (χ1n) is 11.0. The largest absolute Gasteiger partial charge is 0.488 e. The molecule has 1 amide bonds. The normalized spacial score (nSPS) is 17.9. The summed E-state index contributed by atoms with van der Waals surface area (Å²) in [6, 6.07) is 14.9. The minimum absolute atomic E-state index is 0.00840. The second-order valence-corrected chi connectivity index (χ2v) is 8.18. The molecule has 172 valence electrons. The summed E-state index contributed by atoms with van der Waals surface area (Å²) in [7, 11) is 0. The van der Waals surface area contributed by atoms with Crippen molar-refractivity contribution in [3.05, 3.63) is 95.1 Å². The zero-order valence-corrected chi connectivity index (χ0v) is 18.5. The number of nitrogens with zero attached hydrogens (tertiary/aromatic N) is 1. The van der Waals surface area contributed by atoms with Crippen molar-refractivity contribution in [1.82, 2.24) is 15.6 Å². The van der Waals surface area contributed by atoms with Crippen LogP contribution in [-0.2, 0) is 28.4 Å². The van der Waals surface area contributed by atoms with Crippen molar-refractivity contribution in [3.63, 3.8) is 0 Å². The van der Waals surface area contributed by atoms with E-state index in [1.54, 1.807) is 24.5 Å². The Morgan fingerprint density at radius 2 is 2.06 bits per heavy atom. The second kappa shape index (κ2) is 8.55. The topological polar surface area (TPSA) is 110 Å². The van der Waals surface area contributed by atoms with E-state index in [0.717, 1.165) is 27.8 Å². The lowest BCUT2D eigenvalue weighted by molar-refractivity contribution is -0.133. The van der Waals surface area contributed by atoms with Crippen LogP contribution < -0.4 is 15.4 Å². The van der Waals surface area contributed by atoms with Crippen molar-refractivity contribution >= 4 is 11.9 Å². The van der Waals surface area contributed by atoms with Crippen LogP contribution in [0.25, 0.3) is 11.1 Å². The summed E-state index contributed by atoms with van der Waals surface area (Å²) in [4.78, 5) is 28.3. The number of rotatable bonds is 6. The van der Waals surface area contributed by atoms with E-state index < -0.39 is 11.7 Å². The Kier molecular flexibility index (Phi) is 5.41. The Bertz CT molecular complexity index is 1320. The summed E-state index contributed by atoms with van der Waals surface area (Å²) in [6.45, 7) is 2.63. The van der Waals surface area contributed by atoms with E-state index in [1.807, 2.05) is 43.3 Å². The van der Waals surface area contributed by atoms with Gasteiger partial charge in [-0.25, -0.2) is 4.79 Å². The molecular formula is C26H23N3O5. The van der Waals surface area contributed by atoms with Crippen molar-refractivity contribution in [1.29, 1.82) is 0 Å². The fourth-order valence-corrected chi connectivity index (χ4v) is 4.24. The third-order valence-corrected chi connectivity index (χ3v) is 6.11. The summed E-state index contributed by atoms with van der Waals surface area (Å²) in [5.41, 5.74) is 4.23. The van der Waals surface area contributed by atoms with Crippen LogP contribution in [0.2, 0.25) is 0 Å². The van der Waals surface area contributed by atoms with Crippen molar-refractivity contribution in [2.45, 2.75) is 32.2 Å². The molecule has 0 fully saturated rings. The van der Waals surface area contributed by atoms with E-state index in [0.29, 0.717) is 30.9 Å². The van der Waals surface area contributed by atoms with Crippen LogP contribution >= 0.6 is 0 Å². The zero-order valence-electron chi connectivity index (χ0n) is 18.5. The number of ether oxygens (including phenoxy) is 2. The van der Waals surface area contributed by atoms with Gasteiger partial charge in [0.1, 0.15) is 18.6 Å². The van der Waals surface area contributed by atoms with Gasteiger partial charge in [0.15, 0.2) is 5.70 Å². The maximum Gasteiger partial charge on any atom is 0.355 e. The van der Waals surface area contributed by atoms with Crippen LogP contribution in [-0.4, -0.2) is 22.0 Å². The van der Waals surface area contributed by atoms with Gasteiger partial charge in [-0.05, 0) is 41.5 Å². The van der Waals surface area contributed by atoms with E-state index in [1.165, 1.54) is 6.26 Å². The molecule has 1 aromatic heterocycles. The molecule has 0 saturated carbocycles. The number of nitrogens with one attached hydrogen (secondary N) is 2.